The van der Waals surface area contributed by atoms with Crippen molar-refractivity contribution < 1.29 is 4.79 Å². The highest BCUT2D eigenvalue weighted by Gasteiger charge is 2.41. The molecule has 118 valence electrons. The average molecular weight is 301 g/mol. The number of carbonyl (C=O) groups excluding carboxylic acids is 1. The van der Waals surface area contributed by atoms with Gasteiger partial charge in [0.25, 0.3) is 0 Å². The van der Waals surface area contributed by atoms with Crippen molar-refractivity contribution in [2.45, 2.75) is 12.8 Å². The van der Waals surface area contributed by atoms with Gasteiger partial charge in [-0.05, 0) is 30.7 Å². The Hall–Kier alpha value is -1.69. The van der Waals surface area contributed by atoms with Crippen LogP contribution in [0.15, 0.2) is 18.5 Å². The predicted molar refractivity (Wildman–Crippen MR) is 83.5 cm³/mol. The van der Waals surface area contributed by atoms with Gasteiger partial charge in [0.05, 0.1) is 6.54 Å². The first-order valence-corrected chi connectivity index (χ1v) is 8.32. The molecule has 6 nitrogen and oxygen atoms in total. The minimum absolute atomic E-state index is 0.320. The fourth-order valence-electron chi connectivity index (χ4n) is 4.10. The van der Waals surface area contributed by atoms with Crippen LogP contribution in [-0.2, 0) is 4.79 Å². The molecule has 4 heterocycles. The van der Waals surface area contributed by atoms with Crippen LogP contribution in [0.4, 0.5) is 5.95 Å². The van der Waals surface area contributed by atoms with Crippen LogP contribution in [-0.4, -0.2) is 71.5 Å². The van der Waals surface area contributed by atoms with E-state index in [1.165, 1.54) is 12.8 Å². The number of aromatic nitrogens is 2. The van der Waals surface area contributed by atoms with Crippen LogP contribution in [0.25, 0.3) is 0 Å². The number of fused-ring (bicyclic) bond motifs is 1. The van der Waals surface area contributed by atoms with Gasteiger partial charge in [-0.2, -0.15) is 0 Å². The SMILES string of the molecule is O=C(CN1CC2CN(c3ncccn3)CC2C1)N1CCCC1. The lowest BCUT2D eigenvalue weighted by Gasteiger charge is -2.23. The van der Waals surface area contributed by atoms with Gasteiger partial charge in [-0.1, -0.05) is 0 Å². The average Bonchev–Trinajstić information content (AvgIpc) is 3.23. The molecule has 3 saturated heterocycles. The third-order valence-corrected chi connectivity index (χ3v) is 5.21. The second-order valence-corrected chi connectivity index (χ2v) is 6.76. The topological polar surface area (TPSA) is 52.6 Å². The third kappa shape index (κ3) is 2.67. The zero-order valence-corrected chi connectivity index (χ0v) is 12.9. The first-order chi connectivity index (χ1) is 10.8. The molecule has 0 bridgehead atoms. The number of anilines is 1. The molecule has 2 atom stereocenters. The summed E-state index contributed by atoms with van der Waals surface area (Å²) >= 11 is 0. The summed E-state index contributed by atoms with van der Waals surface area (Å²) in [6.45, 7) is 6.62. The van der Waals surface area contributed by atoms with Crippen LogP contribution >= 0.6 is 0 Å². The second kappa shape index (κ2) is 5.83. The third-order valence-electron chi connectivity index (χ3n) is 5.21. The van der Waals surface area contributed by atoms with Crippen molar-refractivity contribution in [1.29, 1.82) is 0 Å². The van der Waals surface area contributed by atoms with Gasteiger partial charge < -0.3 is 9.80 Å². The van der Waals surface area contributed by atoms with Gasteiger partial charge in [0.1, 0.15) is 0 Å². The lowest BCUT2D eigenvalue weighted by molar-refractivity contribution is -0.131. The Balaban J connectivity index is 1.31. The molecule has 2 unspecified atom stereocenters. The molecule has 1 amide bonds. The highest BCUT2D eigenvalue weighted by atomic mass is 16.2. The Kier molecular flexibility index (Phi) is 3.70. The van der Waals surface area contributed by atoms with Crippen molar-refractivity contribution in [3.8, 4) is 0 Å². The second-order valence-electron chi connectivity index (χ2n) is 6.76. The highest BCUT2D eigenvalue weighted by molar-refractivity contribution is 5.78. The van der Waals surface area contributed by atoms with E-state index in [1.807, 2.05) is 11.0 Å². The smallest absolute Gasteiger partial charge is 0.236 e. The van der Waals surface area contributed by atoms with Gasteiger partial charge in [0.2, 0.25) is 11.9 Å². The molecule has 1 aromatic rings. The lowest BCUT2D eigenvalue weighted by atomic mass is 10.0. The van der Waals surface area contributed by atoms with Crippen molar-refractivity contribution in [1.82, 2.24) is 19.8 Å². The summed E-state index contributed by atoms with van der Waals surface area (Å²) in [6.07, 6.45) is 5.95. The molecule has 3 aliphatic heterocycles. The Labute approximate surface area is 131 Å². The van der Waals surface area contributed by atoms with Gasteiger partial charge in [0.15, 0.2) is 0 Å². The Morgan fingerprint density at radius 2 is 1.68 bits per heavy atom. The lowest BCUT2D eigenvalue weighted by Crippen LogP contribution is -2.39. The summed E-state index contributed by atoms with van der Waals surface area (Å²) in [6, 6.07) is 1.85. The molecule has 0 spiro atoms. The van der Waals surface area contributed by atoms with E-state index < -0.39 is 0 Å². The molecule has 1 aromatic heterocycles. The zero-order chi connectivity index (χ0) is 14.9. The number of likely N-dealkylation sites (tertiary alicyclic amines) is 2. The van der Waals surface area contributed by atoms with E-state index in [-0.39, 0.29) is 0 Å². The molecule has 0 N–H and O–H groups in total. The quantitative estimate of drug-likeness (QED) is 0.812. The van der Waals surface area contributed by atoms with E-state index in [0.29, 0.717) is 24.3 Å². The number of carbonyl (C=O) groups is 1. The van der Waals surface area contributed by atoms with E-state index in [0.717, 1.165) is 45.2 Å². The molecule has 3 fully saturated rings. The van der Waals surface area contributed by atoms with Crippen LogP contribution < -0.4 is 4.90 Å². The number of hydrogen-bond donors (Lipinski definition) is 0. The number of nitrogens with zero attached hydrogens (tertiary/aromatic N) is 5. The number of rotatable bonds is 3. The van der Waals surface area contributed by atoms with Crippen molar-refractivity contribution in [3.63, 3.8) is 0 Å². The van der Waals surface area contributed by atoms with Crippen LogP contribution in [0, 0.1) is 11.8 Å². The van der Waals surface area contributed by atoms with Crippen molar-refractivity contribution in [3.05, 3.63) is 18.5 Å². The van der Waals surface area contributed by atoms with E-state index in [1.54, 1.807) is 12.4 Å². The summed E-state index contributed by atoms with van der Waals surface area (Å²) in [4.78, 5) is 27.6. The van der Waals surface area contributed by atoms with E-state index in [9.17, 15) is 4.79 Å². The van der Waals surface area contributed by atoms with E-state index >= 15 is 0 Å². The fraction of sp³-hybridized carbons (Fsp3) is 0.688. The number of amides is 1. The first kappa shape index (κ1) is 13.9. The van der Waals surface area contributed by atoms with Crippen LogP contribution in [0.2, 0.25) is 0 Å². The van der Waals surface area contributed by atoms with Crippen molar-refractivity contribution >= 4 is 11.9 Å². The minimum atomic E-state index is 0.320. The number of hydrogen-bond acceptors (Lipinski definition) is 5. The van der Waals surface area contributed by atoms with Crippen LogP contribution in [0.1, 0.15) is 12.8 Å². The Morgan fingerprint density at radius 3 is 2.32 bits per heavy atom. The molecule has 3 aliphatic rings. The molecular formula is C16H23N5O. The van der Waals surface area contributed by atoms with Crippen molar-refractivity contribution in [2.75, 3.05) is 50.7 Å². The highest BCUT2D eigenvalue weighted by Crippen LogP contribution is 2.32. The van der Waals surface area contributed by atoms with Gasteiger partial charge in [-0.25, -0.2) is 9.97 Å². The van der Waals surface area contributed by atoms with Gasteiger partial charge in [-0.15, -0.1) is 0 Å². The molecule has 0 aromatic carbocycles. The molecule has 6 heteroatoms. The monoisotopic (exact) mass is 301 g/mol. The minimum Gasteiger partial charge on any atom is -0.342 e. The Morgan fingerprint density at radius 1 is 1.05 bits per heavy atom. The van der Waals surface area contributed by atoms with Crippen LogP contribution in [0.5, 0.6) is 0 Å². The van der Waals surface area contributed by atoms with E-state index in [2.05, 4.69) is 19.8 Å². The largest absolute Gasteiger partial charge is 0.342 e. The zero-order valence-electron chi connectivity index (χ0n) is 12.9. The normalized spacial score (nSPS) is 28.4. The summed E-state index contributed by atoms with van der Waals surface area (Å²) in [5, 5.41) is 0. The maximum absolute atomic E-state index is 12.3. The maximum Gasteiger partial charge on any atom is 0.236 e. The van der Waals surface area contributed by atoms with Crippen molar-refractivity contribution in [2.24, 2.45) is 11.8 Å². The summed E-state index contributed by atoms with van der Waals surface area (Å²) in [5.41, 5.74) is 0. The van der Waals surface area contributed by atoms with Gasteiger partial charge >= 0.3 is 0 Å². The summed E-state index contributed by atoms with van der Waals surface area (Å²) in [5.74, 6) is 2.46. The summed E-state index contributed by atoms with van der Waals surface area (Å²) in [7, 11) is 0. The molecule has 4 rings (SSSR count). The molecule has 22 heavy (non-hydrogen) atoms. The fourth-order valence-corrected chi connectivity index (χ4v) is 4.10. The molecule has 0 aliphatic carbocycles. The van der Waals surface area contributed by atoms with Crippen LogP contribution in [0.3, 0.4) is 0 Å². The predicted octanol–water partition coefficient (Wildman–Crippen LogP) is 0.467. The maximum atomic E-state index is 12.3. The first-order valence-electron chi connectivity index (χ1n) is 8.32. The molecule has 0 saturated carbocycles. The standard InChI is InChI=1S/C16H23N5O/c22-15(20-6-1-2-7-20)12-19-8-13-10-21(11-14(13)9-19)16-17-4-3-5-18-16/h3-5,13-14H,1-2,6-12H2. The molecular weight excluding hydrogens is 278 g/mol. The summed E-state index contributed by atoms with van der Waals surface area (Å²) < 4.78 is 0. The van der Waals surface area contributed by atoms with Gasteiger partial charge in [0, 0.05) is 51.7 Å². The Bertz CT molecular complexity index is 517. The van der Waals surface area contributed by atoms with Gasteiger partial charge in [-0.3, -0.25) is 9.69 Å². The molecule has 0 radical (unpaired) electrons. The van der Waals surface area contributed by atoms with E-state index in [4.69, 9.17) is 0 Å².